The van der Waals surface area contributed by atoms with Gasteiger partial charge in [0.2, 0.25) is 0 Å². The maximum absolute atomic E-state index is 12.8. The number of carbonyl (C=O) groups excluding carboxylic acids is 1. The third-order valence-electron chi connectivity index (χ3n) is 3.68. The quantitative estimate of drug-likeness (QED) is 0.908. The first-order chi connectivity index (χ1) is 11.1. The number of thioether (sulfide) groups is 1. The molecule has 1 unspecified atom stereocenters. The van der Waals surface area contributed by atoms with E-state index in [2.05, 4.69) is 10.1 Å². The Hall–Kier alpha value is -2.35. The average Bonchev–Trinajstić information content (AvgIpc) is 3.09. The van der Waals surface area contributed by atoms with Crippen molar-refractivity contribution in [2.45, 2.75) is 12.5 Å². The number of amides is 1. The number of aliphatic carboxylic acids is 1. The molecule has 0 spiro atoms. The van der Waals surface area contributed by atoms with Gasteiger partial charge < -0.3 is 10.0 Å². The Kier molecular flexibility index (Phi) is 4.61. The van der Waals surface area contributed by atoms with E-state index in [1.54, 1.807) is 45.9 Å². The number of benzene rings is 1. The summed E-state index contributed by atoms with van der Waals surface area (Å²) in [6.45, 7) is 0.564. The molecule has 0 bridgehead atoms. The highest BCUT2D eigenvalue weighted by molar-refractivity contribution is 7.99. The minimum Gasteiger partial charge on any atom is -0.481 e. The van der Waals surface area contributed by atoms with E-state index >= 15 is 0 Å². The molecule has 1 amide bonds. The van der Waals surface area contributed by atoms with Crippen molar-refractivity contribution in [2.24, 2.45) is 0 Å². The van der Waals surface area contributed by atoms with Gasteiger partial charge in [0, 0.05) is 23.6 Å². The Balaban J connectivity index is 1.84. The summed E-state index contributed by atoms with van der Waals surface area (Å²) < 4.78 is 1.58. The van der Waals surface area contributed by atoms with Crippen LogP contribution in [0, 0.1) is 0 Å². The molecule has 1 fully saturated rings. The highest BCUT2D eigenvalue weighted by Crippen LogP contribution is 2.22. The molecule has 3 rings (SSSR count). The lowest BCUT2D eigenvalue weighted by molar-refractivity contribution is -0.138. The van der Waals surface area contributed by atoms with Crippen molar-refractivity contribution in [3.63, 3.8) is 0 Å². The van der Waals surface area contributed by atoms with E-state index in [0.717, 1.165) is 11.4 Å². The van der Waals surface area contributed by atoms with Crippen LogP contribution in [0.5, 0.6) is 0 Å². The summed E-state index contributed by atoms with van der Waals surface area (Å²) in [6, 6.07) is 6.84. The lowest BCUT2D eigenvalue weighted by atomic mass is 10.1. The minimum absolute atomic E-state index is 0.0263. The first-order valence-corrected chi connectivity index (χ1v) is 8.36. The molecule has 23 heavy (non-hydrogen) atoms. The average molecular weight is 332 g/mol. The van der Waals surface area contributed by atoms with Crippen molar-refractivity contribution in [3.8, 4) is 5.69 Å². The lowest BCUT2D eigenvalue weighted by Gasteiger charge is -2.34. The Bertz CT molecular complexity index is 705. The van der Waals surface area contributed by atoms with Gasteiger partial charge in [-0.05, 0) is 18.2 Å². The van der Waals surface area contributed by atoms with Crippen molar-refractivity contribution in [1.29, 1.82) is 0 Å². The summed E-state index contributed by atoms with van der Waals surface area (Å²) in [5.41, 5.74) is 1.27. The van der Waals surface area contributed by atoms with Crippen molar-refractivity contribution >= 4 is 23.6 Å². The third-order valence-corrected chi connectivity index (χ3v) is 4.77. The van der Waals surface area contributed by atoms with Gasteiger partial charge >= 0.3 is 5.97 Å². The molecule has 2 heterocycles. The Morgan fingerprint density at radius 3 is 3.00 bits per heavy atom. The van der Waals surface area contributed by atoms with E-state index in [1.807, 2.05) is 6.07 Å². The van der Waals surface area contributed by atoms with E-state index in [0.29, 0.717) is 17.9 Å². The molecule has 1 aromatic heterocycles. The zero-order chi connectivity index (χ0) is 16.2. The number of carboxylic acids is 1. The molecule has 1 atom stereocenters. The van der Waals surface area contributed by atoms with Crippen LogP contribution in [0.25, 0.3) is 5.69 Å². The second-order valence-corrected chi connectivity index (χ2v) is 6.37. The van der Waals surface area contributed by atoms with Crippen LogP contribution in [-0.2, 0) is 4.79 Å². The van der Waals surface area contributed by atoms with Gasteiger partial charge in [0.25, 0.3) is 5.91 Å². The third kappa shape index (κ3) is 3.53. The molecule has 1 aliphatic heterocycles. The number of rotatable bonds is 4. The number of aromatic nitrogens is 3. The fraction of sp³-hybridized carbons (Fsp3) is 0.333. The van der Waals surface area contributed by atoms with Gasteiger partial charge in [-0.15, -0.1) is 0 Å². The number of carboxylic acid groups (broad SMARTS) is 1. The van der Waals surface area contributed by atoms with Crippen LogP contribution < -0.4 is 0 Å². The second kappa shape index (κ2) is 6.82. The van der Waals surface area contributed by atoms with Crippen LogP contribution in [0.1, 0.15) is 16.8 Å². The predicted octanol–water partition coefficient (Wildman–Crippen LogP) is 1.30. The number of carbonyl (C=O) groups is 2. The van der Waals surface area contributed by atoms with Crippen LogP contribution in [0.3, 0.4) is 0 Å². The van der Waals surface area contributed by atoms with Crippen molar-refractivity contribution in [2.75, 3.05) is 18.1 Å². The zero-order valence-corrected chi connectivity index (χ0v) is 13.1. The fourth-order valence-corrected chi connectivity index (χ4v) is 3.64. The van der Waals surface area contributed by atoms with Crippen LogP contribution in [0.2, 0.25) is 0 Å². The summed E-state index contributed by atoms with van der Waals surface area (Å²) in [7, 11) is 0. The summed E-state index contributed by atoms with van der Waals surface area (Å²) in [5, 5.41) is 13.1. The van der Waals surface area contributed by atoms with E-state index in [9.17, 15) is 9.59 Å². The number of hydrogen-bond acceptors (Lipinski definition) is 5. The molecule has 1 saturated heterocycles. The number of nitrogens with zero attached hydrogens (tertiary/aromatic N) is 4. The summed E-state index contributed by atoms with van der Waals surface area (Å²) in [6.07, 6.45) is 2.97. The van der Waals surface area contributed by atoms with Crippen molar-refractivity contribution < 1.29 is 14.7 Å². The molecule has 0 saturated carbocycles. The standard InChI is InChI=1S/C15H16N4O3S/c20-14(21)7-13-8-23-5-4-18(13)15(22)11-2-1-3-12(6-11)19-10-16-9-17-19/h1-3,6,9-10,13H,4-5,7-8H2,(H,20,21). The molecule has 120 valence electrons. The predicted molar refractivity (Wildman–Crippen MR) is 85.8 cm³/mol. The largest absolute Gasteiger partial charge is 0.481 e. The van der Waals surface area contributed by atoms with Crippen molar-refractivity contribution in [1.82, 2.24) is 19.7 Å². The Morgan fingerprint density at radius 1 is 1.39 bits per heavy atom. The van der Waals surface area contributed by atoms with Crippen LogP contribution in [0.15, 0.2) is 36.9 Å². The fourth-order valence-electron chi connectivity index (χ4n) is 2.58. The molecule has 1 aromatic carbocycles. The van der Waals surface area contributed by atoms with Crippen LogP contribution in [0.4, 0.5) is 0 Å². The summed E-state index contributed by atoms with van der Waals surface area (Å²) in [4.78, 5) is 29.4. The van der Waals surface area contributed by atoms with Gasteiger partial charge in [-0.2, -0.15) is 16.9 Å². The van der Waals surface area contributed by atoms with E-state index < -0.39 is 5.97 Å². The van der Waals surface area contributed by atoms with E-state index in [1.165, 1.54) is 6.33 Å². The highest BCUT2D eigenvalue weighted by Gasteiger charge is 2.29. The molecule has 8 heteroatoms. The molecular formula is C15H16N4O3S. The summed E-state index contributed by atoms with van der Waals surface area (Å²) in [5.74, 6) is 0.455. The first kappa shape index (κ1) is 15.5. The van der Waals surface area contributed by atoms with Crippen molar-refractivity contribution in [3.05, 3.63) is 42.5 Å². The van der Waals surface area contributed by atoms with E-state index in [-0.39, 0.29) is 18.4 Å². The SMILES string of the molecule is O=C(O)CC1CSCCN1C(=O)c1cccc(-n2cncn2)c1. The van der Waals surface area contributed by atoms with E-state index in [4.69, 9.17) is 5.11 Å². The first-order valence-electron chi connectivity index (χ1n) is 7.21. The number of hydrogen-bond donors (Lipinski definition) is 1. The molecule has 0 radical (unpaired) electrons. The van der Waals surface area contributed by atoms with Gasteiger partial charge in [-0.3, -0.25) is 9.59 Å². The molecule has 1 aliphatic rings. The monoisotopic (exact) mass is 332 g/mol. The van der Waals surface area contributed by atoms with Gasteiger partial charge in [-0.25, -0.2) is 9.67 Å². The van der Waals surface area contributed by atoms with Gasteiger partial charge in [0.05, 0.1) is 18.2 Å². The van der Waals surface area contributed by atoms with Gasteiger partial charge in [-0.1, -0.05) is 6.07 Å². The van der Waals surface area contributed by atoms with Crippen LogP contribution in [-0.4, -0.2) is 60.7 Å². The lowest BCUT2D eigenvalue weighted by Crippen LogP contribution is -2.47. The molecular weight excluding hydrogens is 316 g/mol. The second-order valence-electron chi connectivity index (χ2n) is 5.22. The van der Waals surface area contributed by atoms with Gasteiger partial charge in [0.1, 0.15) is 12.7 Å². The zero-order valence-electron chi connectivity index (χ0n) is 12.3. The molecule has 2 aromatic rings. The Labute approximate surface area is 137 Å². The molecule has 7 nitrogen and oxygen atoms in total. The topological polar surface area (TPSA) is 88.3 Å². The molecule has 0 aliphatic carbocycles. The van der Waals surface area contributed by atoms with Crippen LogP contribution >= 0.6 is 11.8 Å². The normalized spacial score (nSPS) is 17.9. The summed E-state index contributed by atoms with van der Waals surface area (Å²) >= 11 is 1.68. The molecule has 1 N–H and O–H groups in total. The maximum atomic E-state index is 12.8. The minimum atomic E-state index is -0.883. The maximum Gasteiger partial charge on any atom is 0.305 e. The highest BCUT2D eigenvalue weighted by atomic mass is 32.2. The van der Waals surface area contributed by atoms with Gasteiger partial charge in [0.15, 0.2) is 0 Å². The smallest absolute Gasteiger partial charge is 0.305 e. The Morgan fingerprint density at radius 2 is 2.26 bits per heavy atom.